The normalized spacial score (nSPS) is 18.3. The molecule has 0 aromatic rings. The number of amides is 5. The smallest absolute Gasteiger partial charge is 0.326 e. The van der Waals surface area contributed by atoms with Crippen LogP contribution in [0, 0.1) is 5.92 Å². The molecular formula is C20H34N6O7. The Morgan fingerprint density at radius 1 is 1.03 bits per heavy atom. The number of carboxylic acid groups (broad SMARTS) is 1. The van der Waals surface area contributed by atoms with E-state index in [9.17, 15) is 33.9 Å². The third-order valence-electron chi connectivity index (χ3n) is 5.21. The highest BCUT2D eigenvalue weighted by Crippen LogP contribution is 2.19. The summed E-state index contributed by atoms with van der Waals surface area (Å²) in [5.41, 5.74) is 15.9. The van der Waals surface area contributed by atoms with Crippen LogP contribution < -0.4 is 27.8 Å². The zero-order valence-corrected chi connectivity index (χ0v) is 18.9. The summed E-state index contributed by atoms with van der Waals surface area (Å²) in [4.78, 5) is 73.0. The number of primary amides is 2. The maximum Gasteiger partial charge on any atom is 0.326 e. The number of likely N-dealkylation sites (tertiary alicyclic amines) is 1. The standard InChI is InChI=1S/C20H34N6O7/c1-10(2)8-13(17(29)24-12(20(32)33)5-6-15(22)27)25-18(30)14-4-3-7-26(14)19(31)11(21)9-16(23)28/h10-14H,3-9,21H2,1-2H3,(H2,22,27)(H2,23,28)(H,24,29)(H,25,30)(H,32,33). The number of hydrogen-bond acceptors (Lipinski definition) is 7. The molecule has 1 aliphatic rings. The molecule has 9 N–H and O–H groups in total. The quantitative estimate of drug-likeness (QED) is 0.169. The lowest BCUT2D eigenvalue weighted by molar-refractivity contribution is -0.143. The number of nitrogens with two attached hydrogens (primary N) is 3. The molecule has 33 heavy (non-hydrogen) atoms. The van der Waals surface area contributed by atoms with E-state index in [1.54, 1.807) is 0 Å². The number of nitrogens with zero attached hydrogens (tertiary/aromatic N) is 1. The summed E-state index contributed by atoms with van der Waals surface area (Å²) >= 11 is 0. The van der Waals surface area contributed by atoms with E-state index in [0.29, 0.717) is 12.8 Å². The van der Waals surface area contributed by atoms with Crippen LogP contribution in [0.1, 0.15) is 52.4 Å². The lowest BCUT2D eigenvalue weighted by Gasteiger charge is -2.29. The zero-order chi connectivity index (χ0) is 25.3. The van der Waals surface area contributed by atoms with Gasteiger partial charge in [0, 0.05) is 13.0 Å². The van der Waals surface area contributed by atoms with E-state index in [1.165, 1.54) is 4.90 Å². The van der Waals surface area contributed by atoms with Gasteiger partial charge in [0.2, 0.25) is 29.5 Å². The van der Waals surface area contributed by atoms with Crippen LogP contribution in [0.2, 0.25) is 0 Å². The Balaban J connectivity index is 2.91. The number of carbonyl (C=O) groups is 6. The van der Waals surface area contributed by atoms with Crippen molar-refractivity contribution in [3.63, 3.8) is 0 Å². The molecule has 13 heteroatoms. The molecule has 1 fully saturated rings. The third kappa shape index (κ3) is 9.04. The van der Waals surface area contributed by atoms with Gasteiger partial charge in [-0.3, -0.25) is 24.0 Å². The van der Waals surface area contributed by atoms with E-state index in [4.69, 9.17) is 17.2 Å². The second kappa shape index (κ2) is 12.7. The van der Waals surface area contributed by atoms with Crippen molar-refractivity contribution in [3.8, 4) is 0 Å². The second-order valence-corrected chi connectivity index (χ2v) is 8.56. The predicted molar refractivity (Wildman–Crippen MR) is 116 cm³/mol. The summed E-state index contributed by atoms with van der Waals surface area (Å²) in [5.74, 6) is -4.71. The van der Waals surface area contributed by atoms with E-state index in [0.717, 1.165) is 0 Å². The highest BCUT2D eigenvalue weighted by atomic mass is 16.4. The molecule has 0 radical (unpaired) electrons. The Morgan fingerprint density at radius 3 is 2.18 bits per heavy atom. The second-order valence-electron chi connectivity index (χ2n) is 8.56. The summed E-state index contributed by atoms with van der Waals surface area (Å²) in [6.07, 6.45) is 0.297. The van der Waals surface area contributed by atoms with E-state index in [2.05, 4.69) is 10.6 Å². The summed E-state index contributed by atoms with van der Waals surface area (Å²) in [6.45, 7) is 3.91. The van der Waals surface area contributed by atoms with Gasteiger partial charge in [-0.1, -0.05) is 13.8 Å². The summed E-state index contributed by atoms with van der Waals surface area (Å²) in [5, 5.41) is 14.3. The minimum absolute atomic E-state index is 0.0275. The first-order chi connectivity index (χ1) is 15.3. The maximum atomic E-state index is 12.9. The van der Waals surface area contributed by atoms with Gasteiger partial charge in [0.15, 0.2) is 0 Å². The molecule has 0 spiro atoms. The average Bonchev–Trinajstić information content (AvgIpc) is 3.18. The molecule has 1 aliphatic heterocycles. The molecule has 1 rings (SSSR count). The van der Waals surface area contributed by atoms with Gasteiger partial charge in [0.25, 0.3) is 0 Å². The fraction of sp³-hybridized carbons (Fsp3) is 0.700. The number of carboxylic acids is 1. The van der Waals surface area contributed by atoms with Crippen molar-refractivity contribution in [1.29, 1.82) is 0 Å². The molecule has 0 aromatic carbocycles. The summed E-state index contributed by atoms with van der Waals surface area (Å²) < 4.78 is 0. The van der Waals surface area contributed by atoms with Gasteiger partial charge in [-0.25, -0.2) is 4.79 Å². The molecule has 4 unspecified atom stereocenters. The highest BCUT2D eigenvalue weighted by molar-refractivity contribution is 5.95. The van der Waals surface area contributed by atoms with Crippen molar-refractivity contribution in [2.75, 3.05) is 6.54 Å². The number of rotatable bonds is 13. The molecule has 5 amide bonds. The average molecular weight is 471 g/mol. The predicted octanol–water partition coefficient (Wildman–Crippen LogP) is -2.45. The Hall–Kier alpha value is -3.22. The van der Waals surface area contributed by atoms with E-state index in [-0.39, 0.29) is 38.1 Å². The van der Waals surface area contributed by atoms with Gasteiger partial charge < -0.3 is 37.8 Å². The lowest BCUT2D eigenvalue weighted by atomic mass is 10.0. The summed E-state index contributed by atoms with van der Waals surface area (Å²) in [6, 6.07) is -4.48. The third-order valence-corrected chi connectivity index (χ3v) is 5.21. The van der Waals surface area contributed by atoms with E-state index < -0.39 is 59.7 Å². The van der Waals surface area contributed by atoms with Gasteiger partial charge >= 0.3 is 5.97 Å². The van der Waals surface area contributed by atoms with Crippen LogP contribution in [0.5, 0.6) is 0 Å². The van der Waals surface area contributed by atoms with Gasteiger partial charge in [0.1, 0.15) is 18.1 Å². The zero-order valence-electron chi connectivity index (χ0n) is 18.9. The van der Waals surface area contributed by atoms with Crippen LogP contribution in [0.25, 0.3) is 0 Å². The fourth-order valence-corrected chi connectivity index (χ4v) is 3.61. The Morgan fingerprint density at radius 2 is 1.67 bits per heavy atom. The Bertz CT molecular complexity index is 772. The first kappa shape index (κ1) is 27.8. The minimum Gasteiger partial charge on any atom is -0.480 e. The van der Waals surface area contributed by atoms with Crippen LogP contribution in [-0.4, -0.2) is 76.2 Å². The monoisotopic (exact) mass is 470 g/mol. The van der Waals surface area contributed by atoms with Gasteiger partial charge in [-0.05, 0) is 31.6 Å². The molecule has 13 nitrogen and oxygen atoms in total. The Labute approximate surface area is 191 Å². The van der Waals surface area contributed by atoms with Crippen LogP contribution in [-0.2, 0) is 28.8 Å². The molecule has 1 saturated heterocycles. The van der Waals surface area contributed by atoms with Crippen LogP contribution in [0.15, 0.2) is 0 Å². The van der Waals surface area contributed by atoms with Crippen molar-refractivity contribution in [3.05, 3.63) is 0 Å². The molecule has 1 heterocycles. The van der Waals surface area contributed by atoms with Crippen LogP contribution >= 0.6 is 0 Å². The maximum absolute atomic E-state index is 12.9. The van der Waals surface area contributed by atoms with Gasteiger partial charge in [-0.2, -0.15) is 0 Å². The summed E-state index contributed by atoms with van der Waals surface area (Å²) in [7, 11) is 0. The topological polar surface area (TPSA) is 228 Å². The molecule has 0 saturated carbocycles. The molecular weight excluding hydrogens is 436 g/mol. The molecule has 0 aliphatic carbocycles. The highest BCUT2D eigenvalue weighted by Gasteiger charge is 2.38. The number of nitrogens with one attached hydrogen (secondary N) is 2. The molecule has 0 aromatic heterocycles. The van der Waals surface area contributed by atoms with E-state index in [1.807, 2.05) is 13.8 Å². The van der Waals surface area contributed by atoms with Gasteiger partial charge in [0.05, 0.1) is 12.5 Å². The lowest BCUT2D eigenvalue weighted by Crippen LogP contribution is -2.57. The fourth-order valence-electron chi connectivity index (χ4n) is 3.61. The molecule has 186 valence electrons. The van der Waals surface area contributed by atoms with Crippen molar-refractivity contribution < 1.29 is 33.9 Å². The SMILES string of the molecule is CC(C)CC(NC(=O)C1CCCN1C(=O)C(N)CC(N)=O)C(=O)NC(CCC(N)=O)C(=O)O. The van der Waals surface area contributed by atoms with Crippen LogP contribution in [0.3, 0.4) is 0 Å². The number of carbonyl (C=O) groups excluding carboxylic acids is 5. The minimum atomic E-state index is -1.35. The number of aliphatic carboxylic acids is 1. The van der Waals surface area contributed by atoms with Crippen LogP contribution in [0.4, 0.5) is 0 Å². The molecule has 4 atom stereocenters. The largest absolute Gasteiger partial charge is 0.480 e. The van der Waals surface area contributed by atoms with Crippen molar-refractivity contribution in [1.82, 2.24) is 15.5 Å². The first-order valence-electron chi connectivity index (χ1n) is 10.8. The first-order valence-corrected chi connectivity index (χ1v) is 10.8. The van der Waals surface area contributed by atoms with Crippen molar-refractivity contribution in [2.24, 2.45) is 23.1 Å². The Kier molecular flexibility index (Phi) is 10.7. The van der Waals surface area contributed by atoms with Gasteiger partial charge in [-0.15, -0.1) is 0 Å². The number of hydrogen-bond donors (Lipinski definition) is 6. The van der Waals surface area contributed by atoms with E-state index >= 15 is 0 Å². The van der Waals surface area contributed by atoms with Crippen molar-refractivity contribution >= 4 is 35.5 Å². The van der Waals surface area contributed by atoms with Crippen molar-refractivity contribution in [2.45, 2.75) is 76.5 Å². The molecule has 0 bridgehead atoms.